The number of carbonyl (C=O) groups excluding carboxylic acids is 1. The van der Waals surface area contributed by atoms with Crippen molar-refractivity contribution in [2.45, 2.75) is 6.61 Å². The lowest BCUT2D eigenvalue weighted by Gasteiger charge is -2.10. The highest BCUT2D eigenvalue weighted by Crippen LogP contribution is 2.23. The van der Waals surface area contributed by atoms with Crippen molar-refractivity contribution in [2.75, 3.05) is 25.4 Å². The van der Waals surface area contributed by atoms with E-state index in [0.717, 1.165) is 11.3 Å². The molecule has 16 heavy (non-hydrogen) atoms. The molecule has 0 heterocycles. The summed E-state index contributed by atoms with van der Waals surface area (Å²) < 4.78 is 10.2. The zero-order valence-electron chi connectivity index (χ0n) is 9.25. The Morgan fingerprint density at radius 1 is 1.44 bits per heavy atom. The highest BCUT2D eigenvalue weighted by atomic mass is 35.5. The molecule has 0 bridgehead atoms. The Morgan fingerprint density at radius 3 is 2.75 bits per heavy atom. The second kappa shape index (κ2) is 6.35. The molecule has 0 saturated heterocycles. The average molecular weight is 244 g/mol. The van der Waals surface area contributed by atoms with Gasteiger partial charge in [0.25, 0.3) is 0 Å². The van der Waals surface area contributed by atoms with Crippen molar-refractivity contribution in [2.24, 2.45) is 0 Å². The third-order valence-electron chi connectivity index (χ3n) is 1.99. The van der Waals surface area contributed by atoms with Crippen LogP contribution in [0.2, 0.25) is 0 Å². The lowest BCUT2D eigenvalue weighted by atomic mass is 10.2. The third-order valence-corrected chi connectivity index (χ3v) is 2.23. The van der Waals surface area contributed by atoms with E-state index in [1.165, 1.54) is 0 Å². The Hall–Kier alpha value is -1.26. The van der Waals surface area contributed by atoms with Crippen LogP contribution in [0.3, 0.4) is 0 Å². The van der Waals surface area contributed by atoms with Crippen molar-refractivity contribution >= 4 is 23.2 Å². The van der Waals surface area contributed by atoms with E-state index in [1.807, 2.05) is 0 Å². The molecule has 5 heteroatoms. The van der Waals surface area contributed by atoms with Crippen LogP contribution in [0.25, 0.3) is 0 Å². The van der Waals surface area contributed by atoms with Gasteiger partial charge in [-0.3, -0.25) is 4.79 Å². The van der Waals surface area contributed by atoms with Gasteiger partial charge in [0.15, 0.2) is 0 Å². The van der Waals surface area contributed by atoms with Crippen LogP contribution in [0.15, 0.2) is 18.2 Å². The number of amides is 1. The molecule has 0 aliphatic rings. The topological polar surface area (TPSA) is 47.6 Å². The number of methoxy groups -OCH3 is 2. The summed E-state index contributed by atoms with van der Waals surface area (Å²) in [5, 5.41) is 2.66. The predicted octanol–water partition coefficient (Wildman–Crippen LogP) is 2.02. The Balaban J connectivity index is 2.88. The van der Waals surface area contributed by atoms with Gasteiger partial charge in [0, 0.05) is 18.4 Å². The summed E-state index contributed by atoms with van der Waals surface area (Å²) >= 11 is 5.40. The highest BCUT2D eigenvalue weighted by Gasteiger charge is 2.06. The fourth-order valence-corrected chi connectivity index (χ4v) is 1.39. The van der Waals surface area contributed by atoms with Gasteiger partial charge in [0.2, 0.25) is 5.91 Å². The molecule has 0 aliphatic heterocycles. The summed E-state index contributed by atoms with van der Waals surface area (Å²) in [5.74, 6) is 0.423. The van der Waals surface area contributed by atoms with Crippen LogP contribution in [0.4, 0.5) is 5.69 Å². The summed E-state index contributed by atoms with van der Waals surface area (Å²) in [7, 11) is 3.19. The minimum atomic E-state index is -0.241. The molecule has 1 aromatic carbocycles. The van der Waals surface area contributed by atoms with Gasteiger partial charge in [-0.15, -0.1) is 11.6 Å². The largest absolute Gasteiger partial charge is 0.496 e. The van der Waals surface area contributed by atoms with Gasteiger partial charge in [-0.2, -0.15) is 0 Å². The summed E-state index contributed by atoms with van der Waals surface area (Å²) in [6, 6.07) is 5.33. The maximum absolute atomic E-state index is 11.1. The number of halogens is 1. The van der Waals surface area contributed by atoms with Gasteiger partial charge in [-0.25, -0.2) is 0 Å². The first-order chi connectivity index (χ1) is 7.71. The Kier molecular flexibility index (Phi) is 5.08. The quantitative estimate of drug-likeness (QED) is 0.805. The number of hydrogen-bond donors (Lipinski definition) is 1. The summed E-state index contributed by atoms with van der Waals surface area (Å²) in [6.07, 6.45) is 0. The number of hydrogen-bond acceptors (Lipinski definition) is 3. The molecule has 1 aromatic rings. The van der Waals surface area contributed by atoms with Gasteiger partial charge >= 0.3 is 0 Å². The summed E-state index contributed by atoms with van der Waals surface area (Å²) in [5.41, 5.74) is 1.55. The summed E-state index contributed by atoms with van der Waals surface area (Å²) in [4.78, 5) is 11.1. The lowest BCUT2D eigenvalue weighted by Crippen LogP contribution is -2.12. The van der Waals surface area contributed by atoms with Crippen molar-refractivity contribution < 1.29 is 14.3 Å². The summed E-state index contributed by atoms with van der Waals surface area (Å²) in [6.45, 7) is 0.424. The zero-order valence-corrected chi connectivity index (χ0v) is 10.0. The molecule has 0 atom stereocenters. The number of benzene rings is 1. The number of rotatable bonds is 5. The van der Waals surface area contributed by atoms with Crippen LogP contribution >= 0.6 is 11.6 Å². The molecule has 0 unspecified atom stereocenters. The molecular weight excluding hydrogens is 230 g/mol. The van der Waals surface area contributed by atoms with Gasteiger partial charge in [-0.1, -0.05) is 0 Å². The molecule has 0 saturated carbocycles. The molecule has 88 valence electrons. The Labute approximate surface area is 99.5 Å². The Bertz CT molecular complexity index is 368. The normalized spacial score (nSPS) is 9.94. The second-order valence-corrected chi connectivity index (χ2v) is 3.41. The van der Waals surface area contributed by atoms with Crippen LogP contribution in [0.1, 0.15) is 5.56 Å². The van der Waals surface area contributed by atoms with E-state index in [4.69, 9.17) is 21.1 Å². The molecule has 1 N–H and O–H groups in total. The average Bonchev–Trinajstić information content (AvgIpc) is 2.30. The van der Waals surface area contributed by atoms with Crippen LogP contribution in [0, 0.1) is 0 Å². The van der Waals surface area contributed by atoms with E-state index in [2.05, 4.69) is 5.32 Å². The standard InChI is InChI=1S/C11H14ClNO3/c1-15-7-8-5-9(13-11(14)6-12)3-4-10(8)16-2/h3-5H,6-7H2,1-2H3,(H,13,14). The predicted molar refractivity (Wildman–Crippen MR) is 63.1 cm³/mol. The molecule has 0 aliphatic carbocycles. The minimum absolute atomic E-state index is 0.0638. The molecule has 0 radical (unpaired) electrons. The van der Waals surface area contributed by atoms with Crippen molar-refractivity contribution in [3.8, 4) is 5.75 Å². The van der Waals surface area contributed by atoms with Crippen molar-refractivity contribution in [3.63, 3.8) is 0 Å². The van der Waals surface area contributed by atoms with Gasteiger partial charge in [-0.05, 0) is 18.2 Å². The van der Waals surface area contributed by atoms with Crippen molar-refractivity contribution in [3.05, 3.63) is 23.8 Å². The second-order valence-electron chi connectivity index (χ2n) is 3.14. The van der Waals surface area contributed by atoms with Crippen molar-refractivity contribution in [1.82, 2.24) is 0 Å². The fraction of sp³-hybridized carbons (Fsp3) is 0.364. The molecular formula is C11H14ClNO3. The number of anilines is 1. The molecule has 1 rings (SSSR count). The number of nitrogens with one attached hydrogen (secondary N) is 1. The smallest absolute Gasteiger partial charge is 0.239 e. The first kappa shape index (κ1) is 12.8. The van der Waals surface area contributed by atoms with Gasteiger partial charge in [0.1, 0.15) is 11.6 Å². The third kappa shape index (κ3) is 3.40. The van der Waals surface area contributed by atoms with Crippen molar-refractivity contribution in [1.29, 1.82) is 0 Å². The minimum Gasteiger partial charge on any atom is -0.496 e. The van der Waals surface area contributed by atoms with Gasteiger partial charge < -0.3 is 14.8 Å². The van der Waals surface area contributed by atoms with Crippen LogP contribution in [0.5, 0.6) is 5.75 Å². The van der Waals surface area contributed by atoms with E-state index < -0.39 is 0 Å². The van der Waals surface area contributed by atoms with Crippen LogP contribution in [-0.4, -0.2) is 26.0 Å². The molecule has 4 nitrogen and oxygen atoms in total. The first-order valence-corrected chi connectivity index (χ1v) is 5.26. The fourth-order valence-electron chi connectivity index (χ4n) is 1.32. The van der Waals surface area contributed by atoms with E-state index in [-0.39, 0.29) is 11.8 Å². The first-order valence-electron chi connectivity index (χ1n) is 4.73. The van der Waals surface area contributed by atoms with E-state index >= 15 is 0 Å². The van der Waals surface area contributed by atoms with Crippen LogP contribution < -0.4 is 10.1 Å². The highest BCUT2D eigenvalue weighted by molar-refractivity contribution is 6.29. The number of ether oxygens (including phenoxy) is 2. The van der Waals surface area contributed by atoms with Crippen LogP contribution in [-0.2, 0) is 16.1 Å². The monoisotopic (exact) mass is 243 g/mol. The SMILES string of the molecule is COCc1cc(NC(=O)CCl)ccc1OC. The van der Waals surface area contributed by atoms with E-state index in [0.29, 0.717) is 12.3 Å². The maximum atomic E-state index is 11.1. The molecule has 0 spiro atoms. The molecule has 1 amide bonds. The van der Waals surface area contributed by atoms with E-state index in [9.17, 15) is 4.79 Å². The number of alkyl halides is 1. The molecule has 0 fully saturated rings. The molecule has 0 aromatic heterocycles. The number of carbonyl (C=O) groups is 1. The maximum Gasteiger partial charge on any atom is 0.239 e. The van der Waals surface area contributed by atoms with Gasteiger partial charge in [0.05, 0.1) is 13.7 Å². The zero-order chi connectivity index (χ0) is 12.0. The Morgan fingerprint density at radius 2 is 2.19 bits per heavy atom. The lowest BCUT2D eigenvalue weighted by molar-refractivity contribution is -0.113. The van der Waals surface area contributed by atoms with E-state index in [1.54, 1.807) is 32.4 Å².